The quantitative estimate of drug-likeness (QED) is 0.735. The van der Waals surface area contributed by atoms with E-state index in [1.165, 1.54) is 0 Å². The van der Waals surface area contributed by atoms with E-state index in [1.54, 1.807) is 24.3 Å². The first-order valence-electron chi connectivity index (χ1n) is 8.25. The lowest BCUT2D eigenvalue weighted by Gasteiger charge is -2.19. The molecule has 0 aliphatic carbocycles. The molecule has 3 aromatic rings. The van der Waals surface area contributed by atoms with Crippen LogP contribution in [0.25, 0.3) is 0 Å². The first-order valence-corrected chi connectivity index (χ1v) is 8.25. The number of ether oxygens (including phenoxy) is 1. The molecule has 1 N–H and O–H groups in total. The summed E-state index contributed by atoms with van der Waals surface area (Å²) in [4.78, 5) is 12.9. The predicted molar refractivity (Wildman–Crippen MR) is 101 cm³/mol. The van der Waals surface area contributed by atoms with Crippen LogP contribution in [0.5, 0.6) is 5.75 Å². The molecule has 0 heterocycles. The Hall–Kier alpha value is -3.58. The highest BCUT2D eigenvalue weighted by Crippen LogP contribution is 2.24. The van der Waals surface area contributed by atoms with Crippen molar-refractivity contribution in [3.8, 4) is 11.8 Å². The number of benzene rings is 3. The SMILES string of the molecule is Cc1ccc(NC(=O)[C@H](Oc2cccc(C#N)c2)c2ccccc2)cc1. The van der Waals surface area contributed by atoms with E-state index < -0.39 is 6.10 Å². The van der Waals surface area contributed by atoms with Gasteiger partial charge in [0, 0.05) is 11.3 Å². The van der Waals surface area contributed by atoms with Gasteiger partial charge in [0.15, 0.2) is 0 Å². The normalized spacial score (nSPS) is 11.2. The highest BCUT2D eigenvalue weighted by Gasteiger charge is 2.23. The minimum absolute atomic E-state index is 0.276. The third-order valence-corrected chi connectivity index (χ3v) is 3.88. The van der Waals surface area contributed by atoms with Gasteiger partial charge in [0.25, 0.3) is 5.91 Å². The van der Waals surface area contributed by atoms with E-state index in [2.05, 4.69) is 11.4 Å². The molecule has 0 aliphatic heterocycles. The molecule has 0 fully saturated rings. The molecular formula is C22H18N2O2. The van der Waals surface area contributed by atoms with E-state index in [-0.39, 0.29) is 5.91 Å². The number of rotatable bonds is 5. The van der Waals surface area contributed by atoms with Crippen molar-refractivity contribution in [2.45, 2.75) is 13.0 Å². The fourth-order valence-electron chi connectivity index (χ4n) is 2.52. The summed E-state index contributed by atoms with van der Waals surface area (Å²) >= 11 is 0. The lowest BCUT2D eigenvalue weighted by atomic mass is 10.1. The van der Waals surface area contributed by atoms with E-state index in [4.69, 9.17) is 10.00 Å². The largest absolute Gasteiger partial charge is 0.476 e. The Kier molecular flexibility index (Phi) is 5.31. The fourth-order valence-corrected chi connectivity index (χ4v) is 2.52. The first-order chi connectivity index (χ1) is 12.7. The van der Waals surface area contributed by atoms with Crippen molar-refractivity contribution in [1.29, 1.82) is 5.26 Å². The monoisotopic (exact) mass is 342 g/mol. The van der Waals surface area contributed by atoms with Crippen molar-refractivity contribution in [3.05, 3.63) is 95.6 Å². The van der Waals surface area contributed by atoms with Gasteiger partial charge in [-0.15, -0.1) is 0 Å². The van der Waals surface area contributed by atoms with E-state index >= 15 is 0 Å². The second-order valence-electron chi connectivity index (χ2n) is 5.90. The summed E-state index contributed by atoms with van der Waals surface area (Å²) in [7, 11) is 0. The molecule has 1 amide bonds. The number of hydrogen-bond acceptors (Lipinski definition) is 3. The number of nitriles is 1. The van der Waals surface area contributed by atoms with Crippen molar-refractivity contribution in [1.82, 2.24) is 0 Å². The molecular weight excluding hydrogens is 324 g/mol. The topological polar surface area (TPSA) is 62.1 Å². The van der Waals surface area contributed by atoms with Crippen LogP contribution in [0.2, 0.25) is 0 Å². The van der Waals surface area contributed by atoms with Gasteiger partial charge in [-0.2, -0.15) is 5.26 Å². The number of anilines is 1. The zero-order valence-corrected chi connectivity index (χ0v) is 14.3. The van der Waals surface area contributed by atoms with E-state index in [0.717, 1.165) is 11.1 Å². The first kappa shape index (κ1) is 17.2. The Morgan fingerprint density at radius 1 is 1.00 bits per heavy atom. The molecule has 0 bridgehead atoms. The third kappa shape index (κ3) is 4.28. The molecule has 0 radical (unpaired) electrons. The fraction of sp³-hybridized carbons (Fsp3) is 0.0909. The molecule has 128 valence electrons. The summed E-state index contributed by atoms with van der Waals surface area (Å²) in [6.07, 6.45) is -0.827. The van der Waals surface area contributed by atoms with Crippen LogP contribution >= 0.6 is 0 Å². The van der Waals surface area contributed by atoms with Crippen molar-refractivity contribution >= 4 is 11.6 Å². The minimum atomic E-state index is -0.827. The van der Waals surface area contributed by atoms with Gasteiger partial charge in [-0.05, 0) is 37.3 Å². The summed E-state index contributed by atoms with van der Waals surface area (Å²) < 4.78 is 5.94. The van der Waals surface area contributed by atoms with Crippen LogP contribution in [-0.4, -0.2) is 5.91 Å². The molecule has 0 aromatic heterocycles. The number of carbonyl (C=O) groups is 1. The standard InChI is InChI=1S/C22H18N2O2/c1-16-10-12-19(13-11-16)24-22(25)21(18-7-3-2-4-8-18)26-20-9-5-6-17(14-20)15-23/h2-14,21H,1H3,(H,24,25)/t21-/m1/s1. The van der Waals surface area contributed by atoms with Crippen molar-refractivity contribution in [2.24, 2.45) is 0 Å². The summed E-state index contributed by atoms with van der Waals surface area (Å²) in [5, 5.41) is 11.9. The summed E-state index contributed by atoms with van der Waals surface area (Å²) in [6.45, 7) is 1.99. The van der Waals surface area contributed by atoms with E-state index in [0.29, 0.717) is 17.0 Å². The third-order valence-electron chi connectivity index (χ3n) is 3.88. The van der Waals surface area contributed by atoms with Gasteiger partial charge in [-0.25, -0.2) is 0 Å². The van der Waals surface area contributed by atoms with Gasteiger partial charge in [0.05, 0.1) is 11.6 Å². The van der Waals surface area contributed by atoms with Gasteiger partial charge >= 0.3 is 0 Å². The maximum Gasteiger partial charge on any atom is 0.270 e. The molecule has 0 aliphatic rings. The summed E-state index contributed by atoms with van der Waals surface area (Å²) in [6, 6.07) is 25.7. The second kappa shape index (κ2) is 8.00. The Labute approximate surface area is 152 Å². The van der Waals surface area contributed by atoms with E-state index in [9.17, 15) is 4.79 Å². The smallest absolute Gasteiger partial charge is 0.270 e. The molecule has 4 nitrogen and oxygen atoms in total. The summed E-state index contributed by atoms with van der Waals surface area (Å²) in [5.41, 5.74) is 3.04. The number of hydrogen-bond donors (Lipinski definition) is 1. The average Bonchev–Trinajstić information content (AvgIpc) is 2.68. The Balaban J connectivity index is 1.86. The molecule has 3 rings (SSSR count). The van der Waals surface area contributed by atoms with Crippen LogP contribution in [0.15, 0.2) is 78.9 Å². The van der Waals surface area contributed by atoms with Crippen LogP contribution in [-0.2, 0) is 4.79 Å². The Morgan fingerprint density at radius 3 is 2.42 bits per heavy atom. The zero-order valence-electron chi connectivity index (χ0n) is 14.3. The average molecular weight is 342 g/mol. The molecule has 26 heavy (non-hydrogen) atoms. The van der Waals surface area contributed by atoms with Gasteiger partial charge in [-0.3, -0.25) is 4.79 Å². The van der Waals surface area contributed by atoms with Gasteiger partial charge in [0.1, 0.15) is 5.75 Å². The number of carbonyl (C=O) groups excluding carboxylic acids is 1. The lowest BCUT2D eigenvalue weighted by Crippen LogP contribution is -2.25. The van der Waals surface area contributed by atoms with Crippen molar-refractivity contribution in [2.75, 3.05) is 5.32 Å². The van der Waals surface area contributed by atoms with Crippen LogP contribution in [0.1, 0.15) is 22.8 Å². The highest BCUT2D eigenvalue weighted by atomic mass is 16.5. The van der Waals surface area contributed by atoms with Gasteiger partial charge < -0.3 is 10.1 Å². The van der Waals surface area contributed by atoms with Crippen LogP contribution in [0.4, 0.5) is 5.69 Å². The molecule has 3 aromatic carbocycles. The molecule has 1 atom stereocenters. The van der Waals surface area contributed by atoms with Gasteiger partial charge in [0.2, 0.25) is 6.10 Å². The zero-order chi connectivity index (χ0) is 18.4. The molecule has 0 saturated heterocycles. The molecule has 0 unspecified atom stereocenters. The predicted octanol–water partition coefficient (Wildman–Crippen LogP) is 4.63. The molecule has 4 heteroatoms. The number of amides is 1. The second-order valence-corrected chi connectivity index (χ2v) is 5.90. The van der Waals surface area contributed by atoms with E-state index in [1.807, 2.05) is 61.5 Å². The maximum atomic E-state index is 12.9. The number of nitrogens with zero attached hydrogens (tertiary/aromatic N) is 1. The van der Waals surface area contributed by atoms with Crippen LogP contribution in [0, 0.1) is 18.3 Å². The minimum Gasteiger partial charge on any atom is -0.476 e. The van der Waals surface area contributed by atoms with Gasteiger partial charge in [-0.1, -0.05) is 54.1 Å². The Bertz CT molecular complexity index is 928. The number of nitrogens with one attached hydrogen (secondary N) is 1. The summed E-state index contributed by atoms with van der Waals surface area (Å²) in [5.74, 6) is 0.194. The molecule has 0 spiro atoms. The van der Waals surface area contributed by atoms with Crippen LogP contribution in [0.3, 0.4) is 0 Å². The van der Waals surface area contributed by atoms with Crippen molar-refractivity contribution in [3.63, 3.8) is 0 Å². The highest BCUT2D eigenvalue weighted by molar-refractivity contribution is 5.95. The van der Waals surface area contributed by atoms with Crippen LogP contribution < -0.4 is 10.1 Å². The number of aryl methyl sites for hydroxylation is 1. The maximum absolute atomic E-state index is 12.9. The molecule has 0 saturated carbocycles. The van der Waals surface area contributed by atoms with Crippen molar-refractivity contribution < 1.29 is 9.53 Å². The lowest BCUT2D eigenvalue weighted by molar-refractivity contribution is -0.123. The Morgan fingerprint density at radius 2 is 1.73 bits per heavy atom.